The highest BCUT2D eigenvalue weighted by atomic mass is 35.5. The largest absolute Gasteiger partial charge is 0.466 e. The Kier molecular flexibility index (Phi) is 11.8. The predicted octanol–water partition coefficient (Wildman–Crippen LogP) is 6.21. The van der Waals surface area contributed by atoms with Crippen molar-refractivity contribution in [2.24, 2.45) is 0 Å². The van der Waals surface area contributed by atoms with Crippen molar-refractivity contribution in [2.45, 2.75) is 84.0 Å². The van der Waals surface area contributed by atoms with Crippen LogP contribution in [0, 0.1) is 12.7 Å². The number of benzene rings is 2. The van der Waals surface area contributed by atoms with Crippen LogP contribution < -0.4 is 0 Å². The predicted molar refractivity (Wildman–Crippen MR) is 145 cm³/mol. The summed E-state index contributed by atoms with van der Waals surface area (Å²) in [4.78, 5) is 14.2. The summed E-state index contributed by atoms with van der Waals surface area (Å²) in [6.45, 7) is 7.69. The van der Waals surface area contributed by atoms with E-state index in [0.717, 1.165) is 55.3 Å². The van der Waals surface area contributed by atoms with E-state index in [1.165, 1.54) is 0 Å². The molecule has 0 saturated carbocycles. The Balaban J connectivity index is 1.59. The highest BCUT2D eigenvalue weighted by Gasteiger charge is 2.27. The number of nitrogens with zero attached hydrogens (tertiary/aromatic N) is 1. The first-order valence-electron chi connectivity index (χ1n) is 13.5. The van der Waals surface area contributed by atoms with Crippen LogP contribution in [0.2, 0.25) is 5.02 Å². The molecule has 37 heavy (non-hydrogen) atoms. The van der Waals surface area contributed by atoms with Crippen molar-refractivity contribution < 1.29 is 23.8 Å². The fourth-order valence-corrected chi connectivity index (χ4v) is 5.31. The minimum atomic E-state index is -0.634. The Hall–Kier alpha value is -1.99. The van der Waals surface area contributed by atoms with Gasteiger partial charge >= 0.3 is 5.97 Å². The van der Waals surface area contributed by atoms with Gasteiger partial charge in [-0.2, -0.15) is 0 Å². The second-order valence-electron chi connectivity index (χ2n) is 9.99. The quantitative estimate of drug-likeness (QED) is 0.293. The van der Waals surface area contributed by atoms with E-state index in [2.05, 4.69) is 11.8 Å². The maximum atomic E-state index is 14.0. The molecule has 3 rings (SSSR count). The Morgan fingerprint density at radius 2 is 2.05 bits per heavy atom. The van der Waals surface area contributed by atoms with E-state index < -0.39 is 6.10 Å². The topological polar surface area (TPSA) is 59.0 Å². The van der Waals surface area contributed by atoms with E-state index >= 15 is 0 Å². The van der Waals surface area contributed by atoms with E-state index in [0.29, 0.717) is 30.2 Å². The average molecular weight is 534 g/mol. The summed E-state index contributed by atoms with van der Waals surface area (Å²) in [7, 11) is 0. The number of likely N-dealkylation sites (tertiary alicyclic amines) is 1. The molecule has 0 aromatic heterocycles. The Morgan fingerprint density at radius 3 is 2.78 bits per heavy atom. The number of hydrogen-bond acceptors (Lipinski definition) is 5. The molecule has 1 N–H and O–H groups in total. The normalized spacial score (nSPS) is 17.6. The zero-order valence-corrected chi connectivity index (χ0v) is 23.1. The van der Waals surface area contributed by atoms with Crippen molar-refractivity contribution in [2.75, 3.05) is 26.3 Å². The molecular formula is C30H41ClFNO4. The van der Waals surface area contributed by atoms with Crippen molar-refractivity contribution >= 4 is 17.6 Å². The van der Waals surface area contributed by atoms with Crippen molar-refractivity contribution in [1.29, 1.82) is 0 Å². The zero-order valence-electron chi connectivity index (χ0n) is 22.3. The van der Waals surface area contributed by atoms with Crippen LogP contribution in [0.25, 0.3) is 0 Å². The molecule has 0 aliphatic carbocycles. The Morgan fingerprint density at radius 1 is 1.24 bits per heavy atom. The first-order chi connectivity index (χ1) is 17.8. The smallest absolute Gasteiger partial charge is 0.306 e. The van der Waals surface area contributed by atoms with Crippen LogP contribution in [0.1, 0.15) is 74.3 Å². The minimum Gasteiger partial charge on any atom is -0.466 e. The number of ether oxygens (including phenoxy) is 2. The number of esters is 1. The van der Waals surface area contributed by atoms with Gasteiger partial charge in [0.1, 0.15) is 5.82 Å². The second kappa shape index (κ2) is 14.8. The zero-order chi connectivity index (χ0) is 26.8. The number of carbonyl (C=O) groups excluding carboxylic acids is 1. The monoisotopic (exact) mass is 533 g/mol. The first-order valence-corrected chi connectivity index (χ1v) is 13.9. The SMILES string of the molecule is CCC[C@@H](OC[C@H](O)CN1CCC[C@H]1Cc1ccc(C)c(F)c1)c1ccc(Cl)cc1CCC(=O)OCC. The third kappa shape index (κ3) is 9.06. The summed E-state index contributed by atoms with van der Waals surface area (Å²) < 4.78 is 25.4. The molecular weight excluding hydrogens is 493 g/mol. The van der Waals surface area contributed by atoms with Gasteiger partial charge in [0, 0.05) is 24.0 Å². The molecule has 2 aromatic carbocycles. The van der Waals surface area contributed by atoms with Crippen molar-refractivity contribution in [1.82, 2.24) is 4.90 Å². The van der Waals surface area contributed by atoms with Crippen molar-refractivity contribution in [3.05, 3.63) is 69.5 Å². The van der Waals surface area contributed by atoms with Crippen molar-refractivity contribution in [3.63, 3.8) is 0 Å². The first kappa shape index (κ1) is 29.6. The van der Waals surface area contributed by atoms with E-state index in [1.54, 1.807) is 19.9 Å². The van der Waals surface area contributed by atoms with E-state index in [9.17, 15) is 14.3 Å². The molecule has 204 valence electrons. The van der Waals surface area contributed by atoms with E-state index in [4.69, 9.17) is 21.1 Å². The molecule has 3 atom stereocenters. The fourth-order valence-electron chi connectivity index (χ4n) is 5.12. The van der Waals surface area contributed by atoms with Gasteiger partial charge in [-0.05, 0) is 92.9 Å². The number of rotatable bonds is 14. The van der Waals surface area contributed by atoms with Crippen LogP contribution in [0.15, 0.2) is 36.4 Å². The Bertz CT molecular complexity index is 1020. The minimum absolute atomic E-state index is 0.165. The summed E-state index contributed by atoms with van der Waals surface area (Å²) in [6, 6.07) is 11.4. The fraction of sp³-hybridized carbons (Fsp3) is 0.567. The van der Waals surface area contributed by atoms with E-state index in [1.807, 2.05) is 30.3 Å². The standard InChI is InChI=1S/C30H41ClFNO4/c1-4-7-29(27-13-12-24(31)18-23(27)11-14-30(35)36-5-2)37-20-26(34)19-33-15-6-8-25(33)16-22-10-9-21(3)28(32)17-22/h9-10,12-13,17-18,25-26,29,34H,4-8,11,14-16,19-20H2,1-3H3/t25-,26+,29+/m0/s1. The number of halogens is 2. The number of β-amino-alcohol motifs (C(OH)–C–C–N with tert-alkyl or cyclic N) is 1. The third-order valence-corrected chi connectivity index (χ3v) is 7.28. The van der Waals surface area contributed by atoms with Gasteiger partial charge in [-0.3, -0.25) is 9.69 Å². The van der Waals surface area contributed by atoms with Crippen LogP contribution in [0.5, 0.6) is 0 Å². The maximum absolute atomic E-state index is 14.0. The van der Waals surface area contributed by atoms with Crippen molar-refractivity contribution in [3.8, 4) is 0 Å². The maximum Gasteiger partial charge on any atom is 0.306 e. The Labute approximate surface area is 225 Å². The van der Waals surface area contributed by atoms with Crippen LogP contribution >= 0.6 is 11.6 Å². The molecule has 1 heterocycles. The number of carbonyl (C=O) groups is 1. The van der Waals surface area contributed by atoms with Gasteiger partial charge in [0.2, 0.25) is 0 Å². The lowest BCUT2D eigenvalue weighted by Crippen LogP contribution is -2.39. The van der Waals surface area contributed by atoms with Gasteiger partial charge in [-0.1, -0.05) is 43.1 Å². The van der Waals surface area contributed by atoms with Crippen LogP contribution in [-0.4, -0.2) is 54.4 Å². The number of aryl methyl sites for hydroxylation is 2. The summed E-state index contributed by atoms with van der Waals surface area (Å²) in [5.74, 6) is -0.397. The number of hydrogen-bond donors (Lipinski definition) is 1. The molecule has 2 aromatic rings. The van der Waals surface area contributed by atoms with Gasteiger partial charge in [0.25, 0.3) is 0 Å². The molecule has 1 saturated heterocycles. The molecule has 0 amide bonds. The van der Waals surface area contributed by atoms with Crippen LogP contribution in [0.3, 0.4) is 0 Å². The molecule has 0 spiro atoms. The average Bonchev–Trinajstić information content (AvgIpc) is 3.29. The lowest BCUT2D eigenvalue weighted by atomic mass is 9.96. The molecule has 0 bridgehead atoms. The molecule has 5 nitrogen and oxygen atoms in total. The van der Waals surface area contributed by atoms with E-state index in [-0.39, 0.29) is 37.0 Å². The molecule has 0 radical (unpaired) electrons. The van der Waals surface area contributed by atoms with Gasteiger partial charge in [0.05, 0.1) is 25.4 Å². The highest BCUT2D eigenvalue weighted by Crippen LogP contribution is 2.30. The lowest BCUT2D eigenvalue weighted by molar-refractivity contribution is -0.143. The van der Waals surface area contributed by atoms with Gasteiger partial charge < -0.3 is 14.6 Å². The number of aliphatic hydroxyl groups is 1. The molecule has 1 aliphatic rings. The van der Waals surface area contributed by atoms with Crippen LogP contribution in [0.4, 0.5) is 4.39 Å². The van der Waals surface area contributed by atoms with Gasteiger partial charge in [0.15, 0.2) is 0 Å². The third-order valence-electron chi connectivity index (χ3n) is 7.05. The summed E-state index contributed by atoms with van der Waals surface area (Å²) in [5, 5.41) is 11.5. The van der Waals surface area contributed by atoms with Gasteiger partial charge in [-0.15, -0.1) is 0 Å². The molecule has 7 heteroatoms. The van der Waals surface area contributed by atoms with Gasteiger partial charge in [-0.25, -0.2) is 4.39 Å². The summed E-state index contributed by atoms with van der Waals surface area (Å²) in [5.41, 5.74) is 3.62. The highest BCUT2D eigenvalue weighted by molar-refractivity contribution is 6.30. The lowest BCUT2D eigenvalue weighted by Gasteiger charge is -2.28. The second-order valence-corrected chi connectivity index (χ2v) is 10.4. The molecule has 1 fully saturated rings. The summed E-state index contributed by atoms with van der Waals surface area (Å²) >= 11 is 6.26. The summed E-state index contributed by atoms with van der Waals surface area (Å²) in [6.07, 6.45) is 4.57. The molecule has 1 aliphatic heterocycles. The van der Waals surface area contributed by atoms with Crippen LogP contribution in [-0.2, 0) is 27.1 Å². The molecule has 0 unspecified atom stereocenters. The number of aliphatic hydroxyl groups excluding tert-OH is 1.